The second kappa shape index (κ2) is 6.06. The summed E-state index contributed by atoms with van der Waals surface area (Å²) in [5.74, 6) is 1.67. The zero-order valence-corrected chi connectivity index (χ0v) is 10.9. The first-order valence-corrected chi connectivity index (χ1v) is 6.73. The van der Waals surface area contributed by atoms with Crippen LogP contribution >= 0.6 is 0 Å². The highest BCUT2D eigenvalue weighted by molar-refractivity contribution is 5.27. The van der Waals surface area contributed by atoms with E-state index in [9.17, 15) is 0 Å². The van der Waals surface area contributed by atoms with Gasteiger partial charge in [-0.1, -0.05) is 19.1 Å². The summed E-state index contributed by atoms with van der Waals surface area (Å²) in [5, 5.41) is 3.58. The Morgan fingerprint density at radius 2 is 2.00 bits per heavy atom. The summed E-state index contributed by atoms with van der Waals surface area (Å²) in [6, 6.07) is 9.31. The highest BCUT2D eigenvalue weighted by Crippen LogP contribution is 2.19. The van der Waals surface area contributed by atoms with Crippen molar-refractivity contribution < 1.29 is 4.74 Å². The topological polar surface area (TPSA) is 21.3 Å². The molecule has 94 valence electrons. The van der Waals surface area contributed by atoms with E-state index < -0.39 is 0 Å². The molecule has 0 spiro atoms. The first-order valence-electron chi connectivity index (χ1n) is 6.73. The average Bonchev–Trinajstić information content (AvgIpc) is 3.13. The molecule has 1 N–H and O–H groups in total. The predicted molar refractivity (Wildman–Crippen MR) is 71.5 cm³/mol. The number of nitrogens with one attached hydrogen (secondary N) is 1. The monoisotopic (exact) mass is 233 g/mol. The molecule has 1 aromatic carbocycles. The van der Waals surface area contributed by atoms with E-state index in [1.165, 1.54) is 18.4 Å². The summed E-state index contributed by atoms with van der Waals surface area (Å²) < 4.78 is 5.44. The summed E-state index contributed by atoms with van der Waals surface area (Å²) in [6.45, 7) is 6.20. The predicted octanol–water partition coefficient (Wildman–Crippen LogP) is 3.02. The Morgan fingerprint density at radius 1 is 1.29 bits per heavy atom. The summed E-state index contributed by atoms with van der Waals surface area (Å²) in [6.07, 6.45) is 3.89. The lowest BCUT2D eigenvalue weighted by Crippen LogP contribution is -2.24. The molecule has 1 fully saturated rings. The van der Waals surface area contributed by atoms with Gasteiger partial charge in [0.2, 0.25) is 0 Å². The van der Waals surface area contributed by atoms with Crippen molar-refractivity contribution in [1.29, 1.82) is 0 Å². The highest BCUT2D eigenvalue weighted by Gasteiger charge is 2.20. The van der Waals surface area contributed by atoms with Crippen molar-refractivity contribution in [2.24, 2.45) is 5.92 Å². The fourth-order valence-corrected chi connectivity index (χ4v) is 2.02. The maximum absolute atomic E-state index is 5.44. The van der Waals surface area contributed by atoms with E-state index in [0.29, 0.717) is 5.92 Å². The van der Waals surface area contributed by atoms with Gasteiger partial charge in [0.15, 0.2) is 0 Å². The van der Waals surface area contributed by atoms with Gasteiger partial charge < -0.3 is 10.1 Å². The molecular weight excluding hydrogens is 210 g/mol. The maximum Gasteiger partial charge on any atom is 0.119 e. The molecule has 0 radical (unpaired) electrons. The number of hydrogen-bond acceptors (Lipinski definition) is 2. The third kappa shape index (κ3) is 4.39. The molecule has 1 aliphatic carbocycles. The molecule has 1 saturated carbocycles. The van der Waals surface area contributed by atoms with E-state index in [1.807, 2.05) is 6.92 Å². The Hall–Kier alpha value is -1.02. The van der Waals surface area contributed by atoms with E-state index >= 15 is 0 Å². The van der Waals surface area contributed by atoms with Crippen LogP contribution in [0.3, 0.4) is 0 Å². The largest absolute Gasteiger partial charge is 0.494 e. The van der Waals surface area contributed by atoms with Crippen LogP contribution in [0.5, 0.6) is 5.75 Å². The van der Waals surface area contributed by atoms with E-state index in [-0.39, 0.29) is 0 Å². The Morgan fingerprint density at radius 3 is 2.59 bits per heavy atom. The maximum atomic E-state index is 5.44. The van der Waals surface area contributed by atoms with Crippen LogP contribution in [0.1, 0.15) is 32.3 Å². The van der Waals surface area contributed by atoms with Crippen LogP contribution in [0.15, 0.2) is 24.3 Å². The van der Waals surface area contributed by atoms with Gasteiger partial charge >= 0.3 is 0 Å². The minimum absolute atomic E-state index is 0.702. The zero-order valence-electron chi connectivity index (χ0n) is 10.9. The van der Waals surface area contributed by atoms with Crippen LogP contribution in [0.25, 0.3) is 0 Å². The first kappa shape index (κ1) is 12.4. The van der Waals surface area contributed by atoms with Crippen molar-refractivity contribution in [1.82, 2.24) is 5.32 Å². The van der Waals surface area contributed by atoms with Crippen LogP contribution in [0, 0.1) is 5.92 Å². The van der Waals surface area contributed by atoms with E-state index in [1.54, 1.807) is 0 Å². The smallest absolute Gasteiger partial charge is 0.119 e. The van der Waals surface area contributed by atoms with Crippen molar-refractivity contribution in [2.45, 2.75) is 39.2 Å². The molecule has 2 heteroatoms. The average molecular weight is 233 g/mol. The summed E-state index contributed by atoms with van der Waals surface area (Å²) in [4.78, 5) is 0. The van der Waals surface area contributed by atoms with Gasteiger partial charge in [-0.2, -0.15) is 0 Å². The number of ether oxygens (including phenoxy) is 1. The molecule has 0 heterocycles. The van der Waals surface area contributed by atoms with Gasteiger partial charge in [-0.05, 0) is 56.3 Å². The van der Waals surface area contributed by atoms with Crippen molar-refractivity contribution in [2.75, 3.05) is 13.2 Å². The lowest BCUT2D eigenvalue weighted by atomic mass is 10.0. The van der Waals surface area contributed by atoms with E-state index in [2.05, 4.69) is 36.5 Å². The third-order valence-electron chi connectivity index (χ3n) is 3.15. The van der Waals surface area contributed by atoms with Gasteiger partial charge in [0.1, 0.15) is 5.75 Å². The van der Waals surface area contributed by atoms with Gasteiger partial charge in [-0.25, -0.2) is 0 Å². The van der Waals surface area contributed by atoms with Crippen molar-refractivity contribution in [3.05, 3.63) is 29.8 Å². The van der Waals surface area contributed by atoms with Gasteiger partial charge in [0.25, 0.3) is 0 Å². The second-order valence-corrected chi connectivity index (χ2v) is 5.07. The van der Waals surface area contributed by atoms with Gasteiger partial charge in [0, 0.05) is 6.04 Å². The Kier molecular flexibility index (Phi) is 4.43. The lowest BCUT2D eigenvalue weighted by Gasteiger charge is -2.12. The molecule has 0 aliphatic heterocycles. The molecule has 0 bridgehead atoms. The molecule has 1 aliphatic rings. The quantitative estimate of drug-likeness (QED) is 0.781. The fraction of sp³-hybridized carbons (Fsp3) is 0.600. The van der Waals surface area contributed by atoms with Crippen molar-refractivity contribution in [3.8, 4) is 5.75 Å². The van der Waals surface area contributed by atoms with Gasteiger partial charge in [-0.15, -0.1) is 0 Å². The van der Waals surface area contributed by atoms with Crippen molar-refractivity contribution >= 4 is 0 Å². The Labute approximate surface area is 104 Å². The summed E-state index contributed by atoms with van der Waals surface area (Å²) in [5.41, 5.74) is 1.40. The highest BCUT2D eigenvalue weighted by atomic mass is 16.5. The number of benzene rings is 1. The van der Waals surface area contributed by atoms with Crippen LogP contribution in [0.2, 0.25) is 0 Å². The van der Waals surface area contributed by atoms with Crippen LogP contribution in [-0.4, -0.2) is 19.2 Å². The number of rotatable bonds is 7. The zero-order chi connectivity index (χ0) is 12.1. The van der Waals surface area contributed by atoms with Crippen molar-refractivity contribution in [3.63, 3.8) is 0 Å². The first-order chi connectivity index (χ1) is 8.28. The van der Waals surface area contributed by atoms with Crippen LogP contribution in [-0.2, 0) is 6.42 Å². The Balaban J connectivity index is 1.76. The molecule has 17 heavy (non-hydrogen) atoms. The third-order valence-corrected chi connectivity index (χ3v) is 3.15. The standard InChI is InChI=1S/C15H23NO/c1-3-17-15-8-4-13(5-9-15)10-12(2)11-16-14-6-7-14/h4-5,8-9,12,14,16H,3,6-7,10-11H2,1-2H3. The molecule has 0 saturated heterocycles. The van der Waals surface area contributed by atoms with E-state index in [4.69, 9.17) is 4.74 Å². The molecular formula is C15H23NO. The Bertz CT molecular complexity index is 329. The lowest BCUT2D eigenvalue weighted by molar-refractivity contribution is 0.340. The summed E-state index contributed by atoms with van der Waals surface area (Å²) in [7, 11) is 0. The van der Waals surface area contributed by atoms with Crippen LogP contribution < -0.4 is 10.1 Å². The van der Waals surface area contributed by atoms with Gasteiger partial charge in [-0.3, -0.25) is 0 Å². The minimum Gasteiger partial charge on any atom is -0.494 e. The van der Waals surface area contributed by atoms with Gasteiger partial charge in [0.05, 0.1) is 6.61 Å². The normalized spacial score (nSPS) is 16.8. The molecule has 0 aromatic heterocycles. The minimum atomic E-state index is 0.702. The molecule has 1 atom stereocenters. The molecule has 2 nitrogen and oxygen atoms in total. The molecule has 0 amide bonds. The van der Waals surface area contributed by atoms with E-state index in [0.717, 1.165) is 31.4 Å². The second-order valence-electron chi connectivity index (χ2n) is 5.07. The molecule has 1 unspecified atom stereocenters. The number of hydrogen-bond donors (Lipinski definition) is 1. The fourth-order valence-electron chi connectivity index (χ4n) is 2.02. The molecule has 1 aromatic rings. The molecule has 2 rings (SSSR count). The SMILES string of the molecule is CCOc1ccc(CC(C)CNC2CC2)cc1. The summed E-state index contributed by atoms with van der Waals surface area (Å²) >= 11 is 0. The van der Waals surface area contributed by atoms with Crippen LogP contribution in [0.4, 0.5) is 0 Å².